The average molecular weight is 299 g/mol. The summed E-state index contributed by atoms with van der Waals surface area (Å²) < 4.78 is 42.6. The first-order valence-corrected chi connectivity index (χ1v) is 6.13. The normalized spacial score (nSPS) is 10.6. The molecule has 0 unspecified atom stereocenters. The first kappa shape index (κ1) is 18.3. The second kappa shape index (κ2) is 7.78. The Morgan fingerprint density at radius 1 is 1.32 bits per heavy atom. The van der Waals surface area contributed by atoms with Crippen LogP contribution in [0.4, 0.5) is 5.69 Å². The number of nitro benzene ring substituents is 1. The molecule has 0 spiro atoms. The van der Waals surface area contributed by atoms with E-state index in [1.54, 1.807) is 0 Å². The van der Waals surface area contributed by atoms with E-state index in [0.29, 0.717) is 6.07 Å². The Morgan fingerprint density at radius 2 is 1.95 bits per heavy atom. The van der Waals surface area contributed by atoms with Crippen LogP contribution in [0.5, 0.6) is 5.75 Å². The molecule has 0 amide bonds. The maximum Gasteiger partial charge on any atom is 1.00 e. The van der Waals surface area contributed by atoms with E-state index >= 15 is 0 Å². The molecule has 0 aliphatic rings. The van der Waals surface area contributed by atoms with Gasteiger partial charge in [0.2, 0.25) is 0 Å². The van der Waals surface area contributed by atoms with Gasteiger partial charge in [-0.2, -0.15) is 0 Å². The average Bonchev–Trinajstić information content (AvgIpc) is 2.28. The zero-order chi connectivity index (χ0) is 13.8. The van der Waals surface area contributed by atoms with Crippen LogP contribution in [0, 0.1) is 10.1 Å². The van der Waals surface area contributed by atoms with Crippen molar-refractivity contribution in [2.24, 2.45) is 0 Å². The topological polar surface area (TPSA) is 119 Å². The number of rotatable bonds is 6. The van der Waals surface area contributed by atoms with E-state index in [2.05, 4.69) is 0 Å². The van der Waals surface area contributed by atoms with Gasteiger partial charge < -0.3 is 14.0 Å². The maximum absolute atomic E-state index is 11.0. The quantitative estimate of drug-likeness (QED) is 0.188. The zero-order valence-corrected chi connectivity index (χ0v) is 13.2. The third kappa shape index (κ3) is 5.43. The van der Waals surface area contributed by atoms with Gasteiger partial charge in [0.05, 0.1) is 11.5 Å². The van der Waals surface area contributed by atoms with Crippen LogP contribution in [-0.2, 0) is 14.9 Å². The van der Waals surface area contributed by atoms with Crippen molar-refractivity contribution in [3.05, 3.63) is 28.3 Å². The first-order chi connectivity index (χ1) is 8.36. The Labute approximate surface area is 131 Å². The fourth-order valence-electron chi connectivity index (χ4n) is 1.16. The van der Waals surface area contributed by atoms with Gasteiger partial charge in [0, 0.05) is 19.2 Å². The number of methoxy groups -OCH3 is 1. The molecule has 0 aliphatic carbocycles. The second-order valence-electron chi connectivity index (χ2n) is 3.18. The summed E-state index contributed by atoms with van der Waals surface area (Å²) in [6.07, 6.45) is 0. The van der Waals surface area contributed by atoms with Crippen LogP contribution >= 0.6 is 0 Å². The van der Waals surface area contributed by atoms with Gasteiger partial charge in [-0.25, -0.2) is 8.42 Å². The van der Waals surface area contributed by atoms with Gasteiger partial charge in [-0.05, 0) is 6.07 Å². The summed E-state index contributed by atoms with van der Waals surface area (Å²) in [5.74, 6) is -0.229. The van der Waals surface area contributed by atoms with Crippen molar-refractivity contribution in [2.45, 2.75) is 4.90 Å². The molecule has 0 heterocycles. The summed E-state index contributed by atoms with van der Waals surface area (Å²) in [5.41, 5.74) is -0.497. The number of non-ortho nitro benzene ring substituents is 1. The van der Waals surface area contributed by atoms with Gasteiger partial charge in [-0.1, -0.05) is 0 Å². The Bertz CT molecular complexity index is 545. The molecule has 0 N–H and O–H groups in total. The van der Waals surface area contributed by atoms with E-state index < -0.39 is 25.6 Å². The largest absolute Gasteiger partial charge is 1.00 e. The first-order valence-electron chi connectivity index (χ1n) is 4.72. The van der Waals surface area contributed by atoms with Gasteiger partial charge in [0.25, 0.3) is 5.69 Å². The summed E-state index contributed by atoms with van der Waals surface area (Å²) in [4.78, 5) is 8.94. The van der Waals surface area contributed by atoms with E-state index in [-0.39, 0.29) is 48.5 Å². The summed E-state index contributed by atoms with van der Waals surface area (Å²) in [7, 11) is -3.43. The van der Waals surface area contributed by atoms with E-state index in [9.17, 15) is 23.1 Å². The van der Waals surface area contributed by atoms with Gasteiger partial charge in [0.15, 0.2) is 0 Å². The monoisotopic (exact) mass is 299 g/mol. The number of ether oxygens (including phenoxy) is 2. The summed E-state index contributed by atoms with van der Waals surface area (Å²) >= 11 is 0. The smallest absolute Gasteiger partial charge is 0.744 e. The van der Waals surface area contributed by atoms with E-state index in [1.165, 1.54) is 7.11 Å². The number of nitrogens with zero attached hydrogens (tertiary/aromatic N) is 1. The molecule has 8 nitrogen and oxygen atoms in total. The van der Waals surface area contributed by atoms with Crippen molar-refractivity contribution >= 4 is 15.8 Å². The summed E-state index contributed by atoms with van der Waals surface area (Å²) in [5, 5.41) is 10.5. The second-order valence-corrected chi connectivity index (χ2v) is 4.53. The maximum atomic E-state index is 11.0. The zero-order valence-electron chi connectivity index (χ0n) is 10.4. The molecule has 0 saturated heterocycles. The van der Waals surface area contributed by atoms with Gasteiger partial charge in [0.1, 0.15) is 27.4 Å². The van der Waals surface area contributed by atoms with Crippen molar-refractivity contribution in [1.82, 2.24) is 0 Å². The fraction of sp³-hybridized carbons (Fsp3) is 0.333. The molecule has 0 bridgehead atoms. The van der Waals surface area contributed by atoms with E-state index in [0.717, 1.165) is 12.1 Å². The van der Waals surface area contributed by atoms with Crippen LogP contribution in [0.3, 0.4) is 0 Å². The number of nitro groups is 1. The molecule has 100 valence electrons. The van der Waals surface area contributed by atoms with Crippen LogP contribution in [0.2, 0.25) is 0 Å². The van der Waals surface area contributed by atoms with E-state index in [4.69, 9.17) is 9.47 Å². The van der Waals surface area contributed by atoms with Crippen LogP contribution in [0.15, 0.2) is 23.1 Å². The summed E-state index contributed by atoms with van der Waals surface area (Å²) in [6, 6.07) is 2.79. The predicted octanol–water partition coefficient (Wildman–Crippen LogP) is -2.47. The molecule has 1 aromatic carbocycles. The Balaban J connectivity index is 0.00000324. The molecular weight excluding hydrogens is 289 g/mol. The predicted molar refractivity (Wildman–Crippen MR) is 58.4 cm³/mol. The van der Waals surface area contributed by atoms with Crippen LogP contribution in [0.1, 0.15) is 0 Å². The molecule has 19 heavy (non-hydrogen) atoms. The molecule has 0 aromatic heterocycles. The van der Waals surface area contributed by atoms with E-state index in [1.807, 2.05) is 0 Å². The van der Waals surface area contributed by atoms with Crippen molar-refractivity contribution in [3.8, 4) is 5.75 Å². The Kier molecular flexibility index (Phi) is 7.49. The SMILES string of the molecule is COCCOc1ccc([N+](=O)[O-])cc1S(=O)(=O)[O-].[Na+]. The summed E-state index contributed by atoms with van der Waals surface area (Å²) in [6.45, 7) is 0.214. The third-order valence-corrected chi connectivity index (χ3v) is 2.81. The van der Waals surface area contributed by atoms with Crippen LogP contribution in [0.25, 0.3) is 0 Å². The number of hydrogen-bond acceptors (Lipinski definition) is 7. The van der Waals surface area contributed by atoms with Crippen molar-refractivity contribution in [2.75, 3.05) is 20.3 Å². The molecule has 0 saturated carbocycles. The molecule has 1 aromatic rings. The van der Waals surface area contributed by atoms with Crippen molar-refractivity contribution < 1.29 is 56.9 Å². The Morgan fingerprint density at radius 3 is 2.42 bits per heavy atom. The minimum Gasteiger partial charge on any atom is -0.744 e. The minimum absolute atomic E-state index is 0. The number of benzene rings is 1. The minimum atomic E-state index is -4.85. The molecule has 0 fully saturated rings. The molecule has 10 heteroatoms. The number of hydrogen-bond donors (Lipinski definition) is 0. The fourth-order valence-corrected chi connectivity index (χ4v) is 1.80. The van der Waals surface area contributed by atoms with Crippen molar-refractivity contribution in [3.63, 3.8) is 0 Å². The third-order valence-electron chi connectivity index (χ3n) is 1.95. The molecular formula is C9H10NNaO7S. The Hall–Kier alpha value is -0.710. The standard InChI is InChI=1S/C9H11NO7S.Na/c1-16-4-5-17-8-3-2-7(10(11)12)6-9(8)18(13,14)15;/h2-3,6H,4-5H2,1H3,(H,13,14,15);/q;+1/p-1. The molecule has 1 rings (SSSR count). The van der Waals surface area contributed by atoms with Crippen LogP contribution < -0.4 is 34.3 Å². The van der Waals surface area contributed by atoms with Gasteiger partial charge in [-0.15, -0.1) is 0 Å². The van der Waals surface area contributed by atoms with Crippen LogP contribution in [-0.4, -0.2) is 38.2 Å². The van der Waals surface area contributed by atoms with Gasteiger partial charge in [-0.3, -0.25) is 10.1 Å². The molecule has 0 aliphatic heterocycles. The van der Waals surface area contributed by atoms with Crippen molar-refractivity contribution in [1.29, 1.82) is 0 Å². The van der Waals surface area contributed by atoms with Gasteiger partial charge >= 0.3 is 29.6 Å². The molecule has 0 radical (unpaired) electrons. The molecule has 0 atom stereocenters.